The summed E-state index contributed by atoms with van der Waals surface area (Å²) in [5.41, 5.74) is 1.78. The third kappa shape index (κ3) is 7.55. The number of hydrogen-bond acceptors (Lipinski definition) is 5. The van der Waals surface area contributed by atoms with E-state index in [2.05, 4.69) is 5.32 Å². The van der Waals surface area contributed by atoms with Gasteiger partial charge in [0, 0.05) is 18.1 Å². The number of nitrogens with zero attached hydrogens (tertiary/aromatic N) is 2. The van der Waals surface area contributed by atoms with Gasteiger partial charge in [0.1, 0.15) is 18.3 Å². The maximum Gasteiger partial charge on any atom is 0.264 e. The van der Waals surface area contributed by atoms with Gasteiger partial charge < -0.3 is 15.0 Å². The largest absolute Gasteiger partial charge is 0.495 e. The van der Waals surface area contributed by atoms with Crippen molar-refractivity contribution in [2.75, 3.05) is 24.5 Å². The Morgan fingerprint density at radius 1 is 1.00 bits per heavy atom. The third-order valence-corrected chi connectivity index (χ3v) is 8.44. The first-order chi connectivity index (χ1) is 19.1. The van der Waals surface area contributed by atoms with Crippen LogP contribution in [-0.2, 0) is 26.2 Å². The maximum absolute atomic E-state index is 14.1. The fraction of sp³-hybridized carbons (Fsp3) is 0.333. The molecule has 0 saturated carbocycles. The van der Waals surface area contributed by atoms with Crippen molar-refractivity contribution >= 4 is 39.1 Å². The molecule has 0 spiro atoms. The van der Waals surface area contributed by atoms with Crippen LogP contribution in [0.15, 0.2) is 77.7 Å². The monoisotopic (exact) mass is 585 g/mol. The lowest BCUT2D eigenvalue weighted by Gasteiger charge is -2.33. The highest BCUT2D eigenvalue weighted by Crippen LogP contribution is 2.33. The minimum atomic E-state index is -4.19. The Balaban J connectivity index is 2.10. The quantitative estimate of drug-likeness (QED) is 0.298. The van der Waals surface area contributed by atoms with E-state index < -0.39 is 28.5 Å². The molecule has 0 radical (unpaired) electrons. The van der Waals surface area contributed by atoms with Gasteiger partial charge in [0.05, 0.1) is 17.7 Å². The third-order valence-electron chi connectivity index (χ3n) is 6.41. The molecule has 10 heteroatoms. The lowest BCUT2D eigenvalue weighted by molar-refractivity contribution is -0.140. The number of hydrogen-bond donors (Lipinski definition) is 1. The van der Waals surface area contributed by atoms with E-state index in [1.165, 1.54) is 24.1 Å². The highest BCUT2D eigenvalue weighted by Gasteiger charge is 2.34. The normalized spacial score (nSPS) is 11.9. The Kier molecular flexibility index (Phi) is 11.0. The molecule has 1 N–H and O–H groups in total. The molecule has 0 fully saturated rings. The van der Waals surface area contributed by atoms with E-state index in [1.54, 1.807) is 60.7 Å². The smallest absolute Gasteiger partial charge is 0.264 e. The minimum Gasteiger partial charge on any atom is -0.495 e. The Morgan fingerprint density at radius 3 is 2.27 bits per heavy atom. The second kappa shape index (κ2) is 14.2. The van der Waals surface area contributed by atoms with Gasteiger partial charge in [0.25, 0.3) is 10.0 Å². The van der Waals surface area contributed by atoms with Gasteiger partial charge in [-0.3, -0.25) is 13.9 Å². The predicted octanol–water partition coefficient (Wildman–Crippen LogP) is 5.19. The number of ether oxygens (including phenoxy) is 1. The van der Waals surface area contributed by atoms with E-state index in [1.807, 2.05) is 20.8 Å². The SMILES string of the molecule is CCCNC(=O)[C@@H](CC)N(Cc1ccc(Cl)cc1)C(=O)CN(c1cc(C)ccc1OC)S(=O)(=O)c1ccccc1. The number of carbonyl (C=O) groups excluding carboxylic acids is 2. The van der Waals surface area contributed by atoms with Crippen LogP contribution in [0.5, 0.6) is 5.75 Å². The van der Waals surface area contributed by atoms with Crippen molar-refractivity contribution in [3.63, 3.8) is 0 Å². The number of amides is 2. The molecule has 0 aliphatic rings. The number of benzene rings is 3. The highest BCUT2D eigenvalue weighted by molar-refractivity contribution is 7.92. The number of rotatable bonds is 13. The first-order valence-corrected chi connectivity index (χ1v) is 15.0. The summed E-state index contributed by atoms with van der Waals surface area (Å²) in [7, 11) is -2.74. The summed E-state index contributed by atoms with van der Waals surface area (Å²) >= 11 is 6.06. The predicted molar refractivity (Wildman–Crippen MR) is 158 cm³/mol. The topological polar surface area (TPSA) is 96.0 Å². The number of nitrogens with one attached hydrogen (secondary N) is 1. The molecule has 3 aromatic rings. The maximum atomic E-state index is 14.1. The van der Waals surface area contributed by atoms with Gasteiger partial charge in [-0.1, -0.05) is 61.8 Å². The van der Waals surface area contributed by atoms with E-state index in [9.17, 15) is 18.0 Å². The Bertz CT molecular complexity index is 1400. The molecule has 0 saturated heterocycles. The summed E-state index contributed by atoms with van der Waals surface area (Å²) in [5, 5.41) is 3.42. The average molecular weight is 586 g/mol. The number of methoxy groups -OCH3 is 1. The van der Waals surface area contributed by atoms with Crippen molar-refractivity contribution in [3.05, 3.63) is 88.9 Å². The van der Waals surface area contributed by atoms with Crippen LogP contribution in [0.25, 0.3) is 0 Å². The van der Waals surface area contributed by atoms with Crippen LogP contribution in [-0.4, -0.2) is 51.4 Å². The molecule has 0 aliphatic carbocycles. The van der Waals surface area contributed by atoms with Gasteiger partial charge >= 0.3 is 0 Å². The zero-order chi connectivity index (χ0) is 29.3. The molecule has 2 amide bonds. The average Bonchev–Trinajstić information content (AvgIpc) is 2.95. The molecular weight excluding hydrogens is 550 g/mol. The van der Waals surface area contributed by atoms with Crippen LogP contribution < -0.4 is 14.4 Å². The van der Waals surface area contributed by atoms with Gasteiger partial charge in [-0.15, -0.1) is 0 Å². The van der Waals surface area contributed by atoms with E-state index in [4.69, 9.17) is 16.3 Å². The van der Waals surface area contributed by atoms with Crippen molar-refractivity contribution in [1.82, 2.24) is 10.2 Å². The van der Waals surface area contributed by atoms with Crippen molar-refractivity contribution in [2.45, 2.75) is 51.1 Å². The van der Waals surface area contributed by atoms with Crippen LogP contribution >= 0.6 is 11.6 Å². The summed E-state index contributed by atoms with van der Waals surface area (Å²) in [5.74, 6) is -0.524. The fourth-order valence-electron chi connectivity index (χ4n) is 4.30. The van der Waals surface area contributed by atoms with E-state index in [0.29, 0.717) is 23.7 Å². The Morgan fingerprint density at radius 2 is 1.68 bits per heavy atom. The summed E-state index contributed by atoms with van der Waals surface area (Å²) in [4.78, 5) is 28.7. The van der Waals surface area contributed by atoms with Gasteiger partial charge in [0.15, 0.2) is 0 Å². The van der Waals surface area contributed by atoms with E-state index in [-0.39, 0.29) is 23.0 Å². The molecule has 40 heavy (non-hydrogen) atoms. The number of sulfonamides is 1. The highest BCUT2D eigenvalue weighted by atomic mass is 35.5. The standard InChI is InChI=1S/C30H36ClN3O5S/c1-5-18-32-30(36)26(6-2)33(20-23-13-15-24(31)16-14-23)29(35)21-34(27-19-22(3)12-17-28(27)39-4)40(37,38)25-10-8-7-9-11-25/h7-17,19,26H,5-6,18,20-21H2,1-4H3,(H,32,36)/t26-/m1/s1. The molecule has 0 unspecified atom stereocenters. The first-order valence-electron chi connectivity index (χ1n) is 13.2. The first kappa shape index (κ1) is 31.0. The van der Waals surface area contributed by atoms with E-state index in [0.717, 1.165) is 21.9 Å². The Labute approximate surface area is 241 Å². The summed E-state index contributed by atoms with van der Waals surface area (Å²) in [6, 6.07) is 19.2. The molecular formula is C30H36ClN3O5S. The molecule has 214 valence electrons. The lowest BCUT2D eigenvalue weighted by Crippen LogP contribution is -2.52. The van der Waals surface area contributed by atoms with Gasteiger partial charge in [0.2, 0.25) is 11.8 Å². The fourth-order valence-corrected chi connectivity index (χ4v) is 5.86. The van der Waals surface area contributed by atoms with Crippen molar-refractivity contribution in [1.29, 1.82) is 0 Å². The number of anilines is 1. The molecule has 3 aromatic carbocycles. The zero-order valence-corrected chi connectivity index (χ0v) is 24.8. The second-order valence-electron chi connectivity index (χ2n) is 9.36. The number of aryl methyl sites for hydroxylation is 1. The lowest BCUT2D eigenvalue weighted by atomic mass is 10.1. The molecule has 0 bridgehead atoms. The number of carbonyl (C=O) groups is 2. The summed E-state index contributed by atoms with van der Waals surface area (Å²) in [6.07, 6.45) is 1.08. The Hall–Kier alpha value is -3.56. The molecule has 1 atom stereocenters. The second-order valence-corrected chi connectivity index (χ2v) is 11.7. The summed E-state index contributed by atoms with van der Waals surface area (Å²) in [6.45, 7) is 5.61. The van der Waals surface area contributed by atoms with Gasteiger partial charge in [-0.25, -0.2) is 8.42 Å². The zero-order valence-electron chi connectivity index (χ0n) is 23.3. The van der Waals surface area contributed by atoms with E-state index >= 15 is 0 Å². The van der Waals surface area contributed by atoms with Crippen molar-refractivity contribution in [3.8, 4) is 5.75 Å². The van der Waals surface area contributed by atoms with Crippen LogP contribution in [0.2, 0.25) is 5.02 Å². The minimum absolute atomic E-state index is 0.0309. The van der Waals surface area contributed by atoms with Crippen molar-refractivity contribution < 1.29 is 22.7 Å². The molecule has 0 heterocycles. The van der Waals surface area contributed by atoms with Crippen LogP contribution in [0, 0.1) is 6.92 Å². The summed E-state index contributed by atoms with van der Waals surface area (Å²) < 4.78 is 34.5. The number of halogens is 1. The molecule has 3 rings (SSSR count). The van der Waals surface area contributed by atoms with Crippen LogP contribution in [0.3, 0.4) is 0 Å². The van der Waals surface area contributed by atoms with Crippen LogP contribution in [0.1, 0.15) is 37.8 Å². The molecule has 0 aromatic heterocycles. The molecule has 8 nitrogen and oxygen atoms in total. The van der Waals surface area contributed by atoms with Crippen LogP contribution in [0.4, 0.5) is 5.69 Å². The van der Waals surface area contributed by atoms with Gasteiger partial charge in [-0.2, -0.15) is 0 Å². The van der Waals surface area contributed by atoms with Crippen molar-refractivity contribution in [2.24, 2.45) is 0 Å². The molecule has 0 aliphatic heterocycles. The van der Waals surface area contributed by atoms with Gasteiger partial charge in [-0.05, 0) is 67.3 Å².